The van der Waals surface area contributed by atoms with Crippen molar-refractivity contribution in [2.24, 2.45) is 0 Å². The van der Waals surface area contributed by atoms with Crippen LogP contribution in [0.4, 0.5) is 0 Å². The van der Waals surface area contributed by atoms with Crippen molar-refractivity contribution in [3.8, 4) is 0 Å². The molecular weight excluding hydrogens is 403 g/mol. The molecule has 1 aliphatic rings. The van der Waals surface area contributed by atoms with Gasteiger partial charge in [-0.25, -0.2) is 0 Å². The summed E-state index contributed by atoms with van der Waals surface area (Å²) >= 11 is 1.31. The van der Waals surface area contributed by atoms with Crippen LogP contribution in [0.1, 0.15) is 87.5 Å². The average molecular weight is 449 g/mol. The topological polar surface area (TPSA) is 42.0 Å². The standard InChI is InChI=1S/C22H45N2O3PS/c1-18(2)24(19(3)4)28-27-16-10-15-26-17-29-20(25)11-14-23-21(5,6)12-9-13-22(23,7)8/h18-19,28H,9-17H2,1-8H3. The van der Waals surface area contributed by atoms with Crippen molar-refractivity contribution in [2.75, 3.05) is 25.7 Å². The third-order valence-electron chi connectivity index (χ3n) is 5.70. The van der Waals surface area contributed by atoms with Crippen molar-refractivity contribution in [3.63, 3.8) is 0 Å². The first-order valence-electron chi connectivity index (χ1n) is 11.1. The molecule has 7 heteroatoms. The van der Waals surface area contributed by atoms with Gasteiger partial charge < -0.3 is 9.26 Å². The Labute approximate surface area is 185 Å². The smallest absolute Gasteiger partial charge is 0.192 e. The highest BCUT2D eigenvalue weighted by Crippen LogP contribution is 2.38. The number of carbonyl (C=O) groups excluding carboxylic acids is 1. The fraction of sp³-hybridized carbons (Fsp3) is 0.955. The van der Waals surface area contributed by atoms with E-state index < -0.39 is 0 Å². The van der Waals surface area contributed by atoms with Crippen LogP contribution in [0.15, 0.2) is 0 Å². The maximum absolute atomic E-state index is 12.3. The molecule has 0 aromatic carbocycles. The van der Waals surface area contributed by atoms with Crippen molar-refractivity contribution < 1.29 is 14.1 Å². The number of carbonyl (C=O) groups is 1. The highest BCUT2D eigenvalue weighted by atomic mass is 32.2. The summed E-state index contributed by atoms with van der Waals surface area (Å²) in [4.78, 5) is 14.8. The quantitative estimate of drug-likeness (QED) is 0.205. The van der Waals surface area contributed by atoms with E-state index in [1.807, 2.05) is 0 Å². The van der Waals surface area contributed by atoms with E-state index in [-0.39, 0.29) is 16.2 Å². The summed E-state index contributed by atoms with van der Waals surface area (Å²) in [5.74, 6) is 0.442. The second kappa shape index (κ2) is 13.0. The van der Waals surface area contributed by atoms with E-state index in [0.29, 0.717) is 46.6 Å². The molecule has 0 spiro atoms. The summed E-state index contributed by atoms with van der Waals surface area (Å²) in [6.07, 6.45) is 5.13. The van der Waals surface area contributed by atoms with Crippen LogP contribution in [-0.2, 0) is 14.1 Å². The van der Waals surface area contributed by atoms with Crippen LogP contribution >= 0.6 is 20.7 Å². The molecule has 0 bridgehead atoms. The fourth-order valence-electron chi connectivity index (χ4n) is 4.25. The molecule has 1 rings (SSSR count). The van der Waals surface area contributed by atoms with Crippen LogP contribution in [0.25, 0.3) is 0 Å². The summed E-state index contributed by atoms with van der Waals surface area (Å²) in [6.45, 7) is 20.2. The number of nitrogens with zero attached hydrogens (tertiary/aromatic N) is 2. The van der Waals surface area contributed by atoms with E-state index in [9.17, 15) is 4.79 Å². The van der Waals surface area contributed by atoms with Crippen molar-refractivity contribution in [1.82, 2.24) is 9.57 Å². The predicted octanol–water partition coefficient (Wildman–Crippen LogP) is 5.69. The van der Waals surface area contributed by atoms with Gasteiger partial charge in [0.1, 0.15) is 0 Å². The number of hydrogen-bond donors (Lipinski definition) is 0. The monoisotopic (exact) mass is 448 g/mol. The second-order valence-corrected chi connectivity index (χ2v) is 11.8. The molecule has 1 fully saturated rings. The Morgan fingerprint density at radius 2 is 1.66 bits per heavy atom. The SMILES string of the molecule is CC(C)N(POCCCOCSC(=O)CCN1C(C)(C)CCCC1(C)C)C(C)C. The lowest BCUT2D eigenvalue weighted by atomic mass is 9.80. The Hall–Kier alpha value is 0.290. The zero-order chi connectivity index (χ0) is 22.1. The highest BCUT2D eigenvalue weighted by molar-refractivity contribution is 8.13. The zero-order valence-corrected chi connectivity index (χ0v) is 21.9. The summed E-state index contributed by atoms with van der Waals surface area (Å²) in [7, 11) is 0.398. The lowest BCUT2D eigenvalue weighted by Gasteiger charge is -2.53. The molecule has 1 atom stereocenters. The van der Waals surface area contributed by atoms with Gasteiger partial charge in [0.25, 0.3) is 0 Å². The maximum Gasteiger partial charge on any atom is 0.192 e. The first-order chi connectivity index (χ1) is 13.5. The van der Waals surface area contributed by atoms with Gasteiger partial charge in [0, 0.05) is 42.7 Å². The molecule has 1 unspecified atom stereocenters. The van der Waals surface area contributed by atoms with Crippen LogP contribution in [-0.4, -0.2) is 63.5 Å². The summed E-state index contributed by atoms with van der Waals surface area (Å²) in [6, 6.07) is 0.987. The van der Waals surface area contributed by atoms with Gasteiger partial charge >= 0.3 is 0 Å². The van der Waals surface area contributed by atoms with Gasteiger partial charge in [0.15, 0.2) is 5.12 Å². The van der Waals surface area contributed by atoms with Crippen LogP contribution in [0.3, 0.4) is 0 Å². The molecule has 1 heterocycles. The molecule has 0 amide bonds. The van der Waals surface area contributed by atoms with Crippen LogP contribution < -0.4 is 0 Å². The van der Waals surface area contributed by atoms with Crippen LogP contribution in [0.5, 0.6) is 0 Å². The molecule has 1 saturated heterocycles. The van der Waals surface area contributed by atoms with Crippen molar-refractivity contribution in [2.45, 2.75) is 111 Å². The number of likely N-dealkylation sites (tertiary alicyclic amines) is 1. The van der Waals surface area contributed by atoms with Gasteiger partial charge in [-0.3, -0.25) is 14.4 Å². The molecule has 29 heavy (non-hydrogen) atoms. The van der Waals surface area contributed by atoms with Gasteiger partial charge in [0.05, 0.1) is 21.5 Å². The van der Waals surface area contributed by atoms with E-state index in [4.69, 9.17) is 9.26 Å². The minimum Gasteiger partial charge on any atom is -0.370 e. The first kappa shape index (κ1) is 27.3. The Bertz CT molecular complexity index is 463. The lowest BCUT2D eigenvalue weighted by Crippen LogP contribution is -2.58. The van der Waals surface area contributed by atoms with E-state index in [0.717, 1.165) is 13.0 Å². The van der Waals surface area contributed by atoms with E-state index in [2.05, 4.69) is 65.0 Å². The Morgan fingerprint density at radius 3 is 2.21 bits per heavy atom. The second-order valence-electron chi connectivity index (χ2n) is 9.81. The Balaban J connectivity index is 2.12. The maximum atomic E-state index is 12.3. The molecule has 0 radical (unpaired) electrons. The highest BCUT2D eigenvalue weighted by Gasteiger charge is 2.40. The first-order valence-corrected chi connectivity index (χ1v) is 13.0. The fourth-order valence-corrected chi connectivity index (χ4v) is 5.62. The molecule has 0 aromatic heterocycles. The van der Waals surface area contributed by atoms with Gasteiger partial charge in [0.2, 0.25) is 0 Å². The normalized spacial score (nSPS) is 19.8. The summed E-state index contributed by atoms with van der Waals surface area (Å²) < 4.78 is 13.8. The predicted molar refractivity (Wildman–Crippen MR) is 128 cm³/mol. The van der Waals surface area contributed by atoms with E-state index in [1.54, 1.807) is 0 Å². The number of ether oxygens (including phenoxy) is 1. The van der Waals surface area contributed by atoms with Gasteiger partial charge in [-0.1, -0.05) is 11.8 Å². The van der Waals surface area contributed by atoms with E-state index in [1.165, 1.54) is 31.0 Å². The number of rotatable bonds is 13. The molecule has 5 nitrogen and oxygen atoms in total. The number of hydrogen-bond acceptors (Lipinski definition) is 6. The van der Waals surface area contributed by atoms with Crippen molar-refractivity contribution in [3.05, 3.63) is 0 Å². The molecular formula is C22H45N2O3PS. The molecule has 0 aliphatic carbocycles. The van der Waals surface area contributed by atoms with Crippen LogP contribution in [0.2, 0.25) is 0 Å². The Morgan fingerprint density at radius 1 is 1.07 bits per heavy atom. The van der Waals surface area contributed by atoms with Gasteiger partial charge in [-0.05, 0) is 81.1 Å². The van der Waals surface area contributed by atoms with Crippen LogP contribution in [0, 0.1) is 0 Å². The molecule has 1 aliphatic heterocycles. The molecule has 172 valence electrons. The Kier molecular flexibility index (Phi) is 12.2. The number of thioether (sulfide) groups is 1. The summed E-state index contributed by atoms with van der Waals surface area (Å²) in [5.41, 5.74) is 0.342. The molecule has 0 saturated carbocycles. The van der Waals surface area contributed by atoms with Gasteiger partial charge in [-0.15, -0.1) is 0 Å². The van der Waals surface area contributed by atoms with Crippen molar-refractivity contribution >= 4 is 25.8 Å². The third-order valence-corrected chi connectivity index (χ3v) is 8.09. The average Bonchev–Trinajstić information content (AvgIpc) is 2.58. The third kappa shape index (κ3) is 9.97. The number of piperidine rings is 1. The largest absolute Gasteiger partial charge is 0.370 e. The lowest BCUT2D eigenvalue weighted by molar-refractivity contribution is -0.112. The molecule has 0 aromatic rings. The zero-order valence-electron chi connectivity index (χ0n) is 20.0. The minimum absolute atomic E-state index is 0.171. The van der Waals surface area contributed by atoms with Gasteiger partial charge in [-0.2, -0.15) is 0 Å². The van der Waals surface area contributed by atoms with E-state index >= 15 is 0 Å². The minimum atomic E-state index is 0.171. The van der Waals surface area contributed by atoms with Crippen molar-refractivity contribution in [1.29, 1.82) is 0 Å². The molecule has 0 N–H and O–H groups in total. The summed E-state index contributed by atoms with van der Waals surface area (Å²) in [5, 5.41) is 0.226.